The van der Waals surface area contributed by atoms with E-state index in [1.807, 2.05) is 43.3 Å². The summed E-state index contributed by atoms with van der Waals surface area (Å²) in [5, 5.41) is 20.7. The van der Waals surface area contributed by atoms with Crippen LogP contribution in [0, 0.1) is 5.92 Å². The van der Waals surface area contributed by atoms with Crippen LogP contribution < -0.4 is 9.47 Å². The van der Waals surface area contributed by atoms with Crippen LogP contribution in [-0.4, -0.2) is 40.9 Å². The van der Waals surface area contributed by atoms with E-state index in [0.29, 0.717) is 24.0 Å². The average Bonchev–Trinajstić information content (AvgIpc) is 3.34. The van der Waals surface area contributed by atoms with E-state index in [1.54, 1.807) is 30.3 Å². The number of phenols is 2. The summed E-state index contributed by atoms with van der Waals surface area (Å²) in [5.74, 6) is 2.65. The Morgan fingerprint density at radius 2 is 1.89 bits per heavy atom. The molecule has 0 aliphatic carbocycles. The quantitative estimate of drug-likeness (QED) is 0.371. The third kappa shape index (κ3) is 5.09. The highest BCUT2D eigenvalue weighted by Gasteiger charge is 2.30. The summed E-state index contributed by atoms with van der Waals surface area (Å²) in [7, 11) is 0. The second kappa shape index (κ2) is 10.3. The zero-order valence-electron chi connectivity index (χ0n) is 21.8. The summed E-state index contributed by atoms with van der Waals surface area (Å²) < 4.78 is 12.6. The Morgan fingerprint density at radius 1 is 1.11 bits per heavy atom. The molecule has 3 atom stereocenters. The number of nitrogens with zero attached hydrogens (tertiary/aromatic N) is 1. The lowest BCUT2D eigenvalue weighted by Crippen LogP contribution is -2.35. The van der Waals surface area contributed by atoms with Crippen LogP contribution in [0.4, 0.5) is 0 Å². The maximum absolute atomic E-state index is 10.5. The zero-order valence-corrected chi connectivity index (χ0v) is 21.8. The van der Waals surface area contributed by atoms with Gasteiger partial charge in [0.15, 0.2) is 0 Å². The molecule has 5 heteroatoms. The van der Waals surface area contributed by atoms with Crippen molar-refractivity contribution in [1.29, 1.82) is 0 Å². The molecule has 3 aromatic rings. The van der Waals surface area contributed by atoms with Gasteiger partial charge in [-0.05, 0) is 85.8 Å². The van der Waals surface area contributed by atoms with Crippen LogP contribution in [0.2, 0.25) is 0 Å². The van der Waals surface area contributed by atoms with Gasteiger partial charge in [0.1, 0.15) is 35.7 Å². The average molecular weight is 498 g/mol. The van der Waals surface area contributed by atoms with Crippen molar-refractivity contribution in [1.82, 2.24) is 4.90 Å². The van der Waals surface area contributed by atoms with Crippen LogP contribution in [0.25, 0.3) is 17.2 Å². The van der Waals surface area contributed by atoms with Crippen molar-refractivity contribution >= 4 is 17.2 Å². The molecule has 0 radical (unpaired) electrons. The van der Waals surface area contributed by atoms with Gasteiger partial charge in [0.25, 0.3) is 0 Å². The number of aromatic hydroxyl groups is 2. The largest absolute Gasteiger partial charge is 0.508 e. The lowest BCUT2D eigenvalue weighted by atomic mass is 9.85. The molecule has 5 nitrogen and oxygen atoms in total. The van der Waals surface area contributed by atoms with Crippen LogP contribution >= 0.6 is 0 Å². The summed E-state index contributed by atoms with van der Waals surface area (Å²) >= 11 is 0. The Morgan fingerprint density at radius 3 is 2.57 bits per heavy atom. The first-order chi connectivity index (χ1) is 17.8. The van der Waals surface area contributed by atoms with Gasteiger partial charge in [0, 0.05) is 29.3 Å². The molecule has 2 aliphatic heterocycles. The molecule has 2 heterocycles. The monoisotopic (exact) mass is 497 g/mol. The van der Waals surface area contributed by atoms with E-state index in [-0.39, 0.29) is 17.6 Å². The first-order valence-electron chi connectivity index (χ1n) is 13.0. The van der Waals surface area contributed by atoms with E-state index in [4.69, 9.17) is 9.47 Å². The maximum atomic E-state index is 10.5. The SMILES string of the molecule is C=Cc1ccc(C2=C(C)c3cc(O)ccc3OC2c2ccc(OCC(C)N3CCC(C)C3)cc2)cc1O. The van der Waals surface area contributed by atoms with Gasteiger partial charge in [-0.1, -0.05) is 43.8 Å². The summed E-state index contributed by atoms with van der Waals surface area (Å²) in [6, 6.07) is 19.2. The van der Waals surface area contributed by atoms with Crippen LogP contribution in [0.3, 0.4) is 0 Å². The van der Waals surface area contributed by atoms with E-state index in [0.717, 1.165) is 52.6 Å². The van der Waals surface area contributed by atoms with E-state index in [9.17, 15) is 10.2 Å². The fourth-order valence-corrected chi connectivity index (χ4v) is 5.36. The number of phenolic OH excluding ortho intramolecular Hbond substituents is 2. The third-order valence-corrected chi connectivity index (χ3v) is 7.59. The van der Waals surface area contributed by atoms with E-state index in [2.05, 4.69) is 25.3 Å². The molecular formula is C32H35NO4. The number of fused-ring (bicyclic) bond motifs is 1. The minimum Gasteiger partial charge on any atom is -0.508 e. The predicted octanol–water partition coefficient (Wildman–Crippen LogP) is 6.91. The summed E-state index contributed by atoms with van der Waals surface area (Å²) in [4.78, 5) is 2.50. The maximum Gasteiger partial charge on any atom is 0.150 e. The van der Waals surface area contributed by atoms with Crippen LogP contribution in [-0.2, 0) is 0 Å². The Labute approximate surface area is 219 Å². The number of hydrogen-bond donors (Lipinski definition) is 2. The Balaban J connectivity index is 1.43. The first kappa shape index (κ1) is 25.0. The van der Waals surface area contributed by atoms with Crippen molar-refractivity contribution in [3.63, 3.8) is 0 Å². The molecule has 0 spiro atoms. The number of ether oxygens (including phenoxy) is 2. The number of allylic oxidation sites excluding steroid dienone is 1. The molecule has 37 heavy (non-hydrogen) atoms. The lowest BCUT2D eigenvalue weighted by molar-refractivity contribution is 0.169. The second-order valence-electron chi connectivity index (χ2n) is 10.3. The number of rotatable bonds is 7. The van der Waals surface area contributed by atoms with Gasteiger partial charge in [-0.25, -0.2) is 0 Å². The van der Waals surface area contributed by atoms with E-state index >= 15 is 0 Å². The van der Waals surface area contributed by atoms with Crippen molar-refractivity contribution in [2.24, 2.45) is 5.92 Å². The number of hydrogen-bond acceptors (Lipinski definition) is 5. The molecule has 2 aliphatic rings. The minimum atomic E-state index is -0.384. The zero-order chi connectivity index (χ0) is 26.1. The normalized spacial score (nSPS) is 20.3. The van der Waals surface area contributed by atoms with Crippen molar-refractivity contribution < 1.29 is 19.7 Å². The van der Waals surface area contributed by atoms with Gasteiger partial charge in [-0.15, -0.1) is 0 Å². The molecule has 2 N–H and O–H groups in total. The van der Waals surface area contributed by atoms with Crippen molar-refractivity contribution in [2.45, 2.75) is 39.3 Å². The fraction of sp³-hybridized carbons (Fsp3) is 0.312. The summed E-state index contributed by atoms with van der Waals surface area (Å²) in [6.07, 6.45) is 2.50. The van der Waals surface area contributed by atoms with Crippen LogP contribution in [0.5, 0.6) is 23.0 Å². The number of benzene rings is 3. The molecule has 0 bridgehead atoms. The molecule has 5 rings (SSSR count). The Hall–Kier alpha value is -3.70. The highest BCUT2D eigenvalue weighted by atomic mass is 16.5. The smallest absolute Gasteiger partial charge is 0.150 e. The lowest BCUT2D eigenvalue weighted by Gasteiger charge is -2.31. The molecule has 1 fully saturated rings. The topological polar surface area (TPSA) is 62.2 Å². The highest BCUT2D eigenvalue weighted by Crippen LogP contribution is 2.48. The molecular weight excluding hydrogens is 462 g/mol. The van der Waals surface area contributed by atoms with Gasteiger partial charge in [-0.2, -0.15) is 0 Å². The minimum absolute atomic E-state index is 0.165. The summed E-state index contributed by atoms with van der Waals surface area (Å²) in [6.45, 7) is 13.3. The molecule has 0 amide bonds. The number of likely N-dealkylation sites (tertiary alicyclic amines) is 1. The van der Waals surface area contributed by atoms with Gasteiger partial charge in [0.2, 0.25) is 0 Å². The van der Waals surface area contributed by atoms with E-state index < -0.39 is 0 Å². The highest BCUT2D eigenvalue weighted by molar-refractivity contribution is 5.96. The summed E-state index contributed by atoms with van der Waals surface area (Å²) in [5.41, 5.74) is 5.27. The van der Waals surface area contributed by atoms with Crippen LogP contribution in [0.1, 0.15) is 55.5 Å². The molecule has 3 aromatic carbocycles. The van der Waals surface area contributed by atoms with Gasteiger partial charge >= 0.3 is 0 Å². The second-order valence-corrected chi connectivity index (χ2v) is 10.3. The molecule has 0 saturated carbocycles. The third-order valence-electron chi connectivity index (χ3n) is 7.59. The van der Waals surface area contributed by atoms with Gasteiger partial charge in [0.05, 0.1) is 0 Å². The molecule has 0 aromatic heterocycles. The van der Waals surface area contributed by atoms with Crippen molar-refractivity contribution in [3.05, 3.63) is 89.5 Å². The first-order valence-corrected chi connectivity index (χ1v) is 13.0. The van der Waals surface area contributed by atoms with Gasteiger partial charge < -0.3 is 19.7 Å². The molecule has 1 saturated heterocycles. The van der Waals surface area contributed by atoms with Crippen molar-refractivity contribution in [3.8, 4) is 23.0 Å². The standard InChI is InChI=1S/C32H35NO4/c1-5-23-6-7-25(16-29(23)35)31-22(4)28-17-26(34)10-13-30(28)37-32(31)24-8-11-27(12-9-24)36-19-21(3)33-15-14-20(2)18-33/h5-13,16-17,20-21,32,34-35H,1,14-15,18-19H2,2-4H3. The van der Waals surface area contributed by atoms with Gasteiger partial charge in [-0.3, -0.25) is 4.90 Å². The predicted molar refractivity (Wildman–Crippen MR) is 149 cm³/mol. The van der Waals surface area contributed by atoms with Crippen LogP contribution in [0.15, 0.2) is 67.2 Å². The molecule has 192 valence electrons. The van der Waals surface area contributed by atoms with E-state index in [1.165, 1.54) is 6.42 Å². The fourth-order valence-electron chi connectivity index (χ4n) is 5.36. The molecule has 3 unspecified atom stereocenters. The Kier molecular flexibility index (Phi) is 6.98. The van der Waals surface area contributed by atoms with Crippen molar-refractivity contribution in [2.75, 3.05) is 19.7 Å². The Bertz CT molecular complexity index is 1330.